The summed E-state index contributed by atoms with van der Waals surface area (Å²) in [6.07, 6.45) is 2.13. The Morgan fingerprint density at radius 3 is 2.55 bits per heavy atom. The first-order valence-corrected chi connectivity index (χ1v) is 7.77. The summed E-state index contributed by atoms with van der Waals surface area (Å²) in [5, 5.41) is 15.5. The van der Waals surface area contributed by atoms with E-state index in [1.54, 1.807) is 12.1 Å². The van der Waals surface area contributed by atoms with Crippen molar-refractivity contribution in [2.45, 2.75) is 64.1 Å². The van der Waals surface area contributed by atoms with Crippen molar-refractivity contribution in [3.05, 3.63) is 35.4 Å². The first kappa shape index (κ1) is 16.5. The van der Waals surface area contributed by atoms with Crippen LogP contribution in [0.5, 0.6) is 0 Å². The Morgan fingerprint density at radius 2 is 1.95 bits per heavy atom. The van der Waals surface area contributed by atoms with Crippen LogP contribution < -0.4 is 10.6 Å². The van der Waals surface area contributed by atoms with E-state index in [-0.39, 0.29) is 23.0 Å². The van der Waals surface area contributed by atoms with Gasteiger partial charge in [0.05, 0.1) is 12.5 Å². The molecule has 0 aromatic heterocycles. The number of carbonyl (C=O) groups excluding carboxylic acids is 1. The average molecular weight is 299 g/mol. The van der Waals surface area contributed by atoms with Gasteiger partial charge in [-0.2, -0.15) is 5.26 Å². The maximum Gasteiger partial charge on any atom is 0.251 e. The van der Waals surface area contributed by atoms with Crippen LogP contribution >= 0.6 is 0 Å². The van der Waals surface area contributed by atoms with Gasteiger partial charge in [-0.3, -0.25) is 4.79 Å². The lowest BCUT2D eigenvalue weighted by molar-refractivity contribution is 0.0873. The van der Waals surface area contributed by atoms with Gasteiger partial charge in [0, 0.05) is 22.7 Å². The fraction of sp³-hybridized carbons (Fsp3) is 0.556. The number of carbonyl (C=O) groups is 1. The summed E-state index contributed by atoms with van der Waals surface area (Å²) in [5.41, 5.74) is 1.51. The third-order valence-corrected chi connectivity index (χ3v) is 4.00. The van der Waals surface area contributed by atoms with Gasteiger partial charge in [0.15, 0.2) is 0 Å². The molecule has 2 rings (SSSR count). The zero-order valence-electron chi connectivity index (χ0n) is 13.9. The van der Waals surface area contributed by atoms with Crippen molar-refractivity contribution < 1.29 is 4.79 Å². The number of piperidine rings is 1. The van der Waals surface area contributed by atoms with Gasteiger partial charge in [-0.05, 0) is 58.2 Å². The molecule has 1 fully saturated rings. The van der Waals surface area contributed by atoms with Crippen LogP contribution in [0, 0.1) is 11.3 Å². The van der Waals surface area contributed by atoms with Gasteiger partial charge < -0.3 is 10.6 Å². The number of hydrogen-bond donors (Lipinski definition) is 2. The molecule has 0 saturated carbocycles. The highest BCUT2D eigenvalue weighted by atomic mass is 16.1. The van der Waals surface area contributed by atoms with Crippen molar-refractivity contribution in [3.63, 3.8) is 0 Å². The number of hydrogen-bond acceptors (Lipinski definition) is 3. The number of amides is 1. The van der Waals surface area contributed by atoms with Crippen LogP contribution in [0.4, 0.5) is 0 Å². The molecule has 1 saturated heterocycles. The Balaban J connectivity index is 2.08. The first-order valence-electron chi connectivity index (χ1n) is 7.77. The molecule has 0 aliphatic carbocycles. The third kappa shape index (κ3) is 4.32. The predicted octanol–water partition coefficient (Wildman–Crippen LogP) is 2.79. The fourth-order valence-corrected chi connectivity index (χ4v) is 3.61. The number of rotatable bonds is 3. The lowest BCUT2D eigenvalue weighted by atomic mass is 9.79. The lowest BCUT2D eigenvalue weighted by Crippen LogP contribution is -2.62. The standard InChI is InChI=1S/C18H25N3O/c1-17(2)11-15(12-18(3,4)21-17)20-16(22)14-7-5-6-13(10-14)8-9-19/h5-7,10,15,21H,8,11-12H2,1-4H3,(H,20,22). The molecule has 0 unspecified atom stereocenters. The molecule has 1 aliphatic rings. The Labute approximate surface area is 132 Å². The van der Waals surface area contributed by atoms with E-state index in [1.165, 1.54) is 0 Å². The Morgan fingerprint density at radius 1 is 1.32 bits per heavy atom. The minimum Gasteiger partial charge on any atom is -0.349 e. The Bertz CT molecular complexity index is 583. The average Bonchev–Trinajstić information content (AvgIpc) is 2.35. The zero-order valence-corrected chi connectivity index (χ0v) is 13.9. The molecule has 118 valence electrons. The summed E-state index contributed by atoms with van der Waals surface area (Å²) in [4.78, 5) is 12.5. The maximum absolute atomic E-state index is 12.5. The van der Waals surface area contributed by atoms with Gasteiger partial charge >= 0.3 is 0 Å². The molecule has 0 radical (unpaired) electrons. The summed E-state index contributed by atoms with van der Waals surface area (Å²) < 4.78 is 0. The second-order valence-electron chi connectivity index (χ2n) is 7.51. The normalized spacial score (nSPS) is 20.1. The van der Waals surface area contributed by atoms with Gasteiger partial charge in [-0.25, -0.2) is 0 Å². The fourth-order valence-electron chi connectivity index (χ4n) is 3.61. The number of nitrogens with zero attached hydrogens (tertiary/aromatic N) is 1. The van der Waals surface area contributed by atoms with Crippen molar-refractivity contribution in [2.24, 2.45) is 0 Å². The van der Waals surface area contributed by atoms with Crippen molar-refractivity contribution >= 4 is 5.91 Å². The van der Waals surface area contributed by atoms with E-state index < -0.39 is 0 Å². The number of nitrogens with one attached hydrogen (secondary N) is 2. The summed E-state index contributed by atoms with van der Waals surface area (Å²) in [6.45, 7) is 8.67. The number of benzene rings is 1. The minimum atomic E-state index is -0.0571. The van der Waals surface area contributed by atoms with E-state index in [1.807, 2.05) is 12.1 Å². The highest BCUT2D eigenvalue weighted by Crippen LogP contribution is 2.28. The van der Waals surface area contributed by atoms with E-state index in [9.17, 15) is 4.79 Å². The largest absolute Gasteiger partial charge is 0.349 e. The molecule has 1 aromatic rings. The van der Waals surface area contributed by atoms with Crippen LogP contribution in [0.25, 0.3) is 0 Å². The van der Waals surface area contributed by atoms with Crippen LogP contribution in [0.1, 0.15) is 56.5 Å². The predicted molar refractivity (Wildman–Crippen MR) is 87.5 cm³/mol. The molecule has 1 heterocycles. The summed E-state index contributed by atoms with van der Waals surface area (Å²) in [7, 11) is 0. The molecule has 0 atom stereocenters. The topological polar surface area (TPSA) is 64.9 Å². The van der Waals surface area contributed by atoms with Crippen molar-refractivity contribution in [1.82, 2.24) is 10.6 Å². The van der Waals surface area contributed by atoms with Gasteiger partial charge in [0.1, 0.15) is 0 Å². The molecular formula is C18H25N3O. The van der Waals surface area contributed by atoms with E-state index in [4.69, 9.17) is 5.26 Å². The third-order valence-electron chi connectivity index (χ3n) is 4.00. The van der Waals surface area contributed by atoms with Gasteiger partial charge in [-0.15, -0.1) is 0 Å². The molecule has 1 aliphatic heterocycles. The van der Waals surface area contributed by atoms with Gasteiger partial charge in [-0.1, -0.05) is 12.1 Å². The van der Waals surface area contributed by atoms with E-state index in [0.717, 1.165) is 18.4 Å². The monoisotopic (exact) mass is 299 g/mol. The van der Waals surface area contributed by atoms with Crippen molar-refractivity contribution in [1.29, 1.82) is 5.26 Å². The highest BCUT2D eigenvalue weighted by molar-refractivity contribution is 5.94. The first-order chi connectivity index (χ1) is 10.2. The molecule has 22 heavy (non-hydrogen) atoms. The van der Waals surface area contributed by atoms with Gasteiger partial charge in [0.2, 0.25) is 0 Å². The molecule has 0 spiro atoms. The van der Waals surface area contributed by atoms with Crippen molar-refractivity contribution in [3.8, 4) is 6.07 Å². The van der Waals surface area contributed by atoms with E-state index in [0.29, 0.717) is 12.0 Å². The quantitative estimate of drug-likeness (QED) is 0.902. The molecule has 4 nitrogen and oxygen atoms in total. The van der Waals surface area contributed by atoms with Crippen LogP contribution in [-0.4, -0.2) is 23.0 Å². The second-order valence-corrected chi connectivity index (χ2v) is 7.51. The maximum atomic E-state index is 12.5. The van der Waals surface area contributed by atoms with Crippen molar-refractivity contribution in [2.75, 3.05) is 0 Å². The smallest absolute Gasteiger partial charge is 0.251 e. The Kier molecular flexibility index (Phi) is 4.58. The molecular weight excluding hydrogens is 274 g/mol. The number of nitriles is 1. The zero-order chi connectivity index (χ0) is 16.4. The van der Waals surface area contributed by atoms with Crippen LogP contribution in [0.2, 0.25) is 0 Å². The summed E-state index contributed by atoms with van der Waals surface area (Å²) in [5.74, 6) is -0.0571. The second kappa shape index (κ2) is 6.10. The molecule has 1 aromatic carbocycles. The lowest BCUT2D eigenvalue weighted by Gasteiger charge is -2.46. The van der Waals surface area contributed by atoms with Crippen LogP contribution in [-0.2, 0) is 6.42 Å². The van der Waals surface area contributed by atoms with Crippen LogP contribution in [0.3, 0.4) is 0 Å². The van der Waals surface area contributed by atoms with E-state index in [2.05, 4.69) is 44.4 Å². The Hall–Kier alpha value is -1.86. The molecule has 1 amide bonds. The molecule has 0 bridgehead atoms. The molecule has 4 heteroatoms. The van der Waals surface area contributed by atoms with E-state index >= 15 is 0 Å². The summed E-state index contributed by atoms with van der Waals surface area (Å²) in [6, 6.07) is 9.57. The van der Waals surface area contributed by atoms with Crippen LogP contribution in [0.15, 0.2) is 24.3 Å². The SMILES string of the molecule is CC1(C)CC(NC(=O)c2cccc(CC#N)c2)CC(C)(C)N1. The molecule has 2 N–H and O–H groups in total. The highest BCUT2D eigenvalue weighted by Gasteiger charge is 2.38. The summed E-state index contributed by atoms with van der Waals surface area (Å²) >= 11 is 0. The minimum absolute atomic E-state index is 0.00233. The van der Waals surface area contributed by atoms with Gasteiger partial charge in [0.25, 0.3) is 5.91 Å².